The molecule has 0 aromatic heterocycles. The van der Waals surface area contributed by atoms with E-state index in [9.17, 15) is 0 Å². The van der Waals surface area contributed by atoms with E-state index in [2.05, 4.69) is 6.92 Å². The SMILES string of the molecule is CC\C=C/C=C\C=C\CC(O)O. The maximum Gasteiger partial charge on any atom is 0.154 e. The van der Waals surface area contributed by atoms with E-state index in [1.54, 1.807) is 12.2 Å². The van der Waals surface area contributed by atoms with Gasteiger partial charge in [-0.3, -0.25) is 0 Å². The Labute approximate surface area is 73.5 Å². The van der Waals surface area contributed by atoms with Crippen LogP contribution in [0.2, 0.25) is 0 Å². The number of hydrogen-bond acceptors (Lipinski definition) is 2. The Balaban J connectivity index is 3.46. The summed E-state index contributed by atoms with van der Waals surface area (Å²) >= 11 is 0. The van der Waals surface area contributed by atoms with Gasteiger partial charge < -0.3 is 10.2 Å². The second kappa shape index (κ2) is 8.24. The minimum Gasteiger partial charge on any atom is -0.368 e. The molecule has 0 saturated heterocycles. The highest BCUT2D eigenvalue weighted by molar-refractivity contribution is 5.10. The molecule has 0 amide bonds. The van der Waals surface area contributed by atoms with E-state index in [1.807, 2.05) is 24.3 Å². The van der Waals surface area contributed by atoms with Crippen molar-refractivity contribution in [3.8, 4) is 0 Å². The second-order valence-electron chi connectivity index (χ2n) is 2.37. The van der Waals surface area contributed by atoms with E-state index in [0.717, 1.165) is 6.42 Å². The van der Waals surface area contributed by atoms with Crippen molar-refractivity contribution in [1.82, 2.24) is 0 Å². The Morgan fingerprint density at radius 2 is 1.58 bits per heavy atom. The van der Waals surface area contributed by atoms with Crippen molar-refractivity contribution in [2.24, 2.45) is 0 Å². The molecule has 0 fully saturated rings. The number of allylic oxidation sites excluding steroid dienone is 5. The summed E-state index contributed by atoms with van der Waals surface area (Å²) in [6.07, 6.45) is 11.3. The lowest BCUT2D eigenvalue weighted by molar-refractivity contribution is -0.0360. The van der Waals surface area contributed by atoms with Crippen LogP contribution in [0.15, 0.2) is 36.5 Å². The van der Waals surface area contributed by atoms with Crippen LogP contribution in [-0.4, -0.2) is 16.5 Å². The summed E-state index contributed by atoms with van der Waals surface area (Å²) in [5, 5.41) is 16.9. The molecule has 0 aliphatic carbocycles. The van der Waals surface area contributed by atoms with Gasteiger partial charge in [0.05, 0.1) is 0 Å². The molecule has 0 rings (SSSR count). The van der Waals surface area contributed by atoms with Crippen molar-refractivity contribution in [3.05, 3.63) is 36.5 Å². The van der Waals surface area contributed by atoms with Crippen LogP contribution < -0.4 is 0 Å². The van der Waals surface area contributed by atoms with Gasteiger partial charge in [0.1, 0.15) is 0 Å². The molecule has 0 atom stereocenters. The summed E-state index contributed by atoms with van der Waals surface area (Å²) in [5.74, 6) is 0. The van der Waals surface area contributed by atoms with Gasteiger partial charge in [-0.25, -0.2) is 0 Å². The summed E-state index contributed by atoms with van der Waals surface area (Å²) in [6, 6.07) is 0. The first-order valence-corrected chi connectivity index (χ1v) is 4.11. The summed E-state index contributed by atoms with van der Waals surface area (Å²) in [4.78, 5) is 0. The average molecular weight is 168 g/mol. The standard InChI is InChI=1S/C10H16O2/c1-2-3-4-5-6-7-8-9-10(11)12/h3-8,10-12H,2,9H2,1H3/b4-3-,6-5-,8-7+. The molecule has 0 unspecified atom stereocenters. The van der Waals surface area contributed by atoms with Crippen LogP contribution in [-0.2, 0) is 0 Å². The van der Waals surface area contributed by atoms with Crippen LogP contribution in [0.5, 0.6) is 0 Å². The van der Waals surface area contributed by atoms with Gasteiger partial charge in [0.15, 0.2) is 6.29 Å². The third-order valence-electron chi connectivity index (χ3n) is 1.19. The highest BCUT2D eigenvalue weighted by Gasteiger charge is 1.87. The largest absolute Gasteiger partial charge is 0.368 e. The van der Waals surface area contributed by atoms with Crippen molar-refractivity contribution < 1.29 is 10.2 Å². The number of aliphatic hydroxyl groups is 2. The maximum atomic E-state index is 8.46. The Morgan fingerprint density at radius 3 is 2.08 bits per heavy atom. The Hall–Kier alpha value is -0.860. The van der Waals surface area contributed by atoms with E-state index in [0.29, 0.717) is 0 Å². The first-order chi connectivity index (χ1) is 5.77. The van der Waals surface area contributed by atoms with E-state index in [-0.39, 0.29) is 6.42 Å². The first-order valence-electron chi connectivity index (χ1n) is 4.11. The molecule has 0 spiro atoms. The van der Waals surface area contributed by atoms with Gasteiger partial charge in [-0.15, -0.1) is 0 Å². The molecule has 68 valence electrons. The zero-order valence-corrected chi connectivity index (χ0v) is 7.35. The smallest absolute Gasteiger partial charge is 0.154 e. The molecule has 0 aliphatic heterocycles. The third kappa shape index (κ3) is 9.14. The second-order valence-corrected chi connectivity index (χ2v) is 2.37. The summed E-state index contributed by atoms with van der Waals surface area (Å²) < 4.78 is 0. The quantitative estimate of drug-likeness (QED) is 0.485. The first kappa shape index (κ1) is 11.1. The van der Waals surface area contributed by atoms with Gasteiger partial charge in [0, 0.05) is 6.42 Å². The summed E-state index contributed by atoms with van der Waals surface area (Å²) in [6.45, 7) is 2.07. The van der Waals surface area contributed by atoms with Crippen molar-refractivity contribution >= 4 is 0 Å². The third-order valence-corrected chi connectivity index (χ3v) is 1.19. The predicted octanol–water partition coefficient (Wildman–Crippen LogP) is 1.77. The molecule has 0 bridgehead atoms. The van der Waals surface area contributed by atoms with E-state index in [1.165, 1.54) is 0 Å². The van der Waals surface area contributed by atoms with Crippen LogP contribution >= 0.6 is 0 Å². The van der Waals surface area contributed by atoms with Crippen LogP contribution in [0.25, 0.3) is 0 Å². The minimum atomic E-state index is -1.24. The zero-order valence-electron chi connectivity index (χ0n) is 7.35. The Morgan fingerprint density at radius 1 is 1.00 bits per heavy atom. The summed E-state index contributed by atoms with van der Waals surface area (Å²) in [5.41, 5.74) is 0. The van der Waals surface area contributed by atoms with Crippen molar-refractivity contribution in [3.63, 3.8) is 0 Å². The normalized spacial score (nSPS) is 13.0. The van der Waals surface area contributed by atoms with Gasteiger partial charge in [-0.1, -0.05) is 43.4 Å². The number of rotatable bonds is 5. The van der Waals surface area contributed by atoms with E-state index >= 15 is 0 Å². The molecule has 2 heteroatoms. The van der Waals surface area contributed by atoms with Crippen molar-refractivity contribution in [1.29, 1.82) is 0 Å². The fraction of sp³-hybridized carbons (Fsp3) is 0.400. The molecule has 0 aromatic rings. The van der Waals surface area contributed by atoms with Gasteiger partial charge in [-0.05, 0) is 6.42 Å². The van der Waals surface area contributed by atoms with E-state index in [4.69, 9.17) is 10.2 Å². The van der Waals surface area contributed by atoms with Crippen LogP contribution in [0.3, 0.4) is 0 Å². The molecule has 2 N–H and O–H groups in total. The van der Waals surface area contributed by atoms with Crippen molar-refractivity contribution in [2.45, 2.75) is 26.1 Å². The average Bonchev–Trinajstić information content (AvgIpc) is 2.02. The van der Waals surface area contributed by atoms with Gasteiger partial charge in [0.2, 0.25) is 0 Å². The molecule has 0 heterocycles. The monoisotopic (exact) mass is 168 g/mol. The molecule has 0 radical (unpaired) electrons. The Bertz CT molecular complexity index is 167. The zero-order chi connectivity index (χ0) is 9.23. The fourth-order valence-electron chi connectivity index (χ4n) is 0.622. The fourth-order valence-corrected chi connectivity index (χ4v) is 0.622. The lowest BCUT2D eigenvalue weighted by Crippen LogP contribution is -2.00. The van der Waals surface area contributed by atoms with Crippen LogP contribution in [0.4, 0.5) is 0 Å². The van der Waals surface area contributed by atoms with Crippen molar-refractivity contribution in [2.75, 3.05) is 0 Å². The predicted molar refractivity (Wildman–Crippen MR) is 50.6 cm³/mol. The molecule has 0 aliphatic rings. The molecule has 0 saturated carbocycles. The summed E-state index contributed by atoms with van der Waals surface area (Å²) in [7, 11) is 0. The van der Waals surface area contributed by atoms with Crippen LogP contribution in [0.1, 0.15) is 19.8 Å². The minimum absolute atomic E-state index is 0.280. The van der Waals surface area contributed by atoms with Crippen LogP contribution in [0, 0.1) is 0 Å². The molecule has 12 heavy (non-hydrogen) atoms. The van der Waals surface area contributed by atoms with Gasteiger partial charge in [-0.2, -0.15) is 0 Å². The molecular formula is C10H16O2. The van der Waals surface area contributed by atoms with Gasteiger partial charge in [0.25, 0.3) is 0 Å². The maximum absolute atomic E-state index is 8.46. The molecule has 0 aromatic carbocycles. The molecular weight excluding hydrogens is 152 g/mol. The topological polar surface area (TPSA) is 40.5 Å². The number of aliphatic hydroxyl groups excluding tert-OH is 1. The number of hydrogen-bond donors (Lipinski definition) is 2. The Kier molecular flexibility index (Phi) is 7.65. The van der Waals surface area contributed by atoms with Gasteiger partial charge >= 0.3 is 0 Å². The highest BCUT2D eigenvalue weighted by Crippen LogP contribution is 1.89. The highest BCUT2D eigenvalue weighted by atomic mass is 16.5. The lowest BCUT2D eigenvalue weighted by Gasteiger charge is -1.93. The van der Waals surface area contributed by atoms with E-state index < -0.39 is 6.29 Å². The molecule has 2 nitrogen and oxygen atoms in total. The lowest BCUT2D eigenvalue weighted by atomic mass is 10.3.